The lowest BCUT2D eigenvalue weighted by atomic mass is 10.1. The van der Waals surface area contributed by atoms with Crippen LogP contribution in [0, 0.1) is 6.92 Å². The summed E-state index contributed by atoms with van der Waals surface area (Å²) in [5, 5.41) is 3.35. The summed E-state index contributed by atoms with van der Waals surface area (Å²) in [5.41, 5.74) is 1.63. The standard InChI is InChI=1S/C26H36ClN3O4S/c1-7-23(25(32)28-26(3,4)5)29(16-15-20-11-9-8-10-12-20)24(31)18-30(35(6,33)34)21-14-13-19(2)22(27)17-21/h8-14,17,23H,7,15-16,18H2,1-6H3,(H,28,32)/t23-/m0/s1. The average Bonchev–Trinajstić information content (AvgIpc) is 2.75. The molecule has 0 saturated carbocycles. The van der Waals surface area contributed by atoms with Gasteiger partial charge in [-0.2, -0.15) is 0 Å². The molecular weight excluding hydrogens is 486 g/mol. The highest BCUT2D eigenvalue weighted by molar-refractivity contribution is 7.92. The van der Waals surface area contributed by atoms with Crippen molar-refractivity contribution < 1.29 is 18.0 Å². The molecule has 0 radical (unpaired) electrons. The van der Waals surface area contributed by atoms with E-state index >= 15 is 0 Å². The monoisotopic (exact) mass is 521 g/mol. The van der Waals surface area contributed by atoms with E-state index in [2.05, 4.69) is 5.32 Å². The van der Waals surface area contributed by atoms with Gasteiger partial charge in [-0.25, -0.2) is 8.42 Å². The first kappa shape index (κ1) is 28.7. The van der Waals surface area contributed by atoms with E-state index < -0.39 is 34.1 Å². The third-order valence-corrected chi connectivity index (χ3v) is 7.04. The summed E-state index contributed by atoms with van der Waals surface area (Å²) >= 11 is 6.23. The minimum absolute atomic E-state index is 0.269. The minimum atomic E-state index is -3.80. The number of carbonyl (C=O) groups excluding carboxylic acids is 2. The van der Waals surface area contributed by atoms with Crippen LogP contribution in [0.5, 0.6) is 0 Å². The molecule has 2 aromatic carbocycles. The van der Waals surface area contributed by atoms with Gasteiger partial charge in [0.05, 0.1) is 11.9 Å². The predicted octanol–water partition coefficient (Wildman–Crippen LogP) is 4.18. The Morgan fingerprint density at radius 1 is 1.09 bits per heavy atom. The van der Waals surface area contributed by atoms with Crippen LogP contribution < -0.4 is 9.62 Å². The zero-order chi connectivity index (χ0) is 26.4. The van der Waals surface area contributed by atoms with Gasteiger partial charge in [0.15, 0.2) is 0 Å². The quantitative estimate of drug-likeness (QED) is 0.508. The van der Waals surface area contributed by atoms with E-state index in [0.29, 0.717) is 23.6 Å². The van der Waals surface area contributed by atoms with Gasteiger partial charge in [0, 0.05) is 17.1 Å². The summed E-state index contributed by atoms with van der Waals surface area (Å²) < 4.78 is 26.4. The topological polar surface area (TPSA) is 86.8 Å². The van der Waals surface area contributed by atoms with Crippen LogP contribution in [0.1, 0.15) is 45.2 Å². The van der Waals surface area contributed by atoms with E-state index in [9.17, 15) is 18.0 Å². The molecule has 0 spiro atoms. The highest BCUT2D eigenvalue weighted by atomic mass is 35.5. The van der Waals surface area contributed by atoms with Crippen LogP contribution in [0.25, 0.3) is 0 Å². The molecule has 2 amide bonds. The summed E-state index contributed by atoms with van der Waals surface area (Å²) in [4.78, 5) is 28.2. The Labute approximate surface area is 214 Å². The number of hydrogen-bond donors (Lipinski definition) is 1. The molecule has 0 saturated heterocycles. The Balaban J connectivity index is 2.40. The fourth-order valence-electron chi connectivity index (χ4n) is 3.70. The van der Waals surface area contributed by atoms with Gasteiger partial charge in [0.1, 0.15) is 12.6 Å². The SMILES string of the molecule is CC[C@@H](C(=O)NC(C)(C)C)N(CCc1ccccc1)C(=O)CN(c1ccc(C)c(Cl)c1)S(C)(=O)=O. The number of rotatable bonds is 10. The van der Waals surface area contributed by atoms with Gasteiger partial charge >= 0.3 is 0 Å². The number of sulfonamides is 1. The molecule has 0 aromatic heterocycles. The number of nitrogens with zero attached hydrogens (tertiary/aromatic N) is 2. The molecule has 35 heavy (non-hydrogen) atoms. The number of carbonyl (C=O) groups is 2. The van der Waals surface area contributed by atoms with E-state index in [4.69, 9.17) is 11.6 Å². The zero-order valence-electron chi connectivity index (χ0n) is 21.3. The number of aryl methyl sites for hydroxylation is 1. The average molecular weight is 522 g/mol. The first-order valence-corrected chi connectivity index (χ1v) is 13.8. The van der Waals surface area contributed by atoms with Crippen LogP contribution in [-0.4, -0.2) is 56.1 Å². The van der Waals surface area contributed by atoms with Crippen molar-refractivity contribution in [3.05, 3.63) is 64.7 Å². The van der Waals surface area contributed by atoms with Gasteiger partial charge in [0.25, 0.3) is 0 Å². The molecule has 2 rings (SSSR count). The fourth-order valence-corrected chi connectivity index (χ4v) is 4.72. The van der Waals surface area contributed by atoms with Crippen molar-refractivity contribution in [2.45, 2.75) is 59.0 Å². The van der Waals surface area contributed by atoms with E-state index in [0.717, 1.165) is 21.7 Å². The van der Waals surface area contributed by atoms with E-state index in [1.165, 1.54) is 11.0 Å². The maximum atomic E-state index is 13.6. The first-order chi connectivity index (χ1) is 16.2. The summed E-state index contributed by atoms with van der Waals surface area (Å²) in [6.45, 7) is 9.11. The molecule has 0 aliphatic heterocycles. The van der Waals surface area contributed by atoms with Crippen molar-refractivity contribution >= 4 is 39.1 Å². The lowest BCUT2D eigenvalue weighted by molar-refractivity contribution is -0.140. The Kier molecular flexibility index (Phi) is 9.75. The molecular formula is C26H36ClN3O4S. The molecule has 7 nitrogen and oxygen atoms in total. The largest absolute Gasteiger partial charge is 0.350 e. The highest BCUT2D eigenvalue weighted by Gasteiger charge is 2.32. The van der Waals surface area contributed by atoms with Gasteiger partial charge in [-0.1, -0.05) is 54.9 Å². The number of nitrogens with one attached hydrogen (secondary N) is 1. The molecule has 0 fully saturated rings. The Bertz CT molecular complexity index is 1130. The van der Waals surface area contributed by atoms with E-state index in [1.54, 1.807) is 12.1 Å². The third-order valence-electron chi connectivity index (χ3n) is 5.49. The molecule has 1 atom stereocenters. The Hall–Kier alpha value is -2.58. The highest BCUT2D eigenvalue weighted by Crippen LogP contribution is 2.25. The molecule has 0 aliphatic rings. The van der Waals surface area contributed by atoms with Gasteiger partial charge < -0.3 is 10.2 Å². The van der Waals surface area contributed by atoms with Crippen molar-refractivity contribution in [3.8, 4) is 0 Å². The van der Waals surface area contributed by atoms with Crippen LogP contribution in [0.3, 0.4) is 0 Å². The molecule has 0 aliphatic carbocycles. The van der Waals surface area contributed by atoms with E-state index in [1.807, 2.05) is 65.0 Å². The van der Waals surface area contributed by atoms with E-state index in [-0.39, 0.29) is 12.5 Å². The maximum Gasteiger partial charge on any atom is 0.244 e. The van der Waals surface area contributed by atoms with Crippen molar-refractivity contribution in [1.29, 1.82) is 0 Å². The number of halogens is 1. The minimum Gasteiger partial charge on any atom is -0.350 e. The second kappa shape index (κ2) is 11.9. The maximum absolute atomic E-state index is 13.6. The molecule has 0 heterocycles. The second-order valence-corrected chi connectivity index (χ2v) is 12.0. The van der Waals surface area contributed by atoms with Gasteiger partial charge in [-0.05, 0) is 63.8 Å². The predicted molar refractivity (Wildman–Crippen MR) is 142 cm³/mol. The van der Waals surface area contributed by atoms with Gasteiger partial charge in [0.2, 0.25) is 21.8 Å². The second-order valence-electron chi connectivity index (χ2n) is 9.69. The Morgan fingerprint density at radius 2 is 1.71 bits per heavy atom. The number of amides is 2. The first-order valence-electron chi connectivity index (χ1n) is 11.6. The van der Waals surface area contributed by atoms with Crippen molar-refractivity contribution in [2.75, 3.05) is 23.7 Å². The number of anilines is 1. The molecule has 2 aromatic rings. The summed E-state index contributed by atoms with van der Waals surface area (Å²) in [7, 11) is -3.80. The molecule has 192 valence electrons. The van der Waals surface area contributed by atoms with Gasteiger partial charge in [-0.15, -0.1) is 0 Å². The lowest BCUT2D eigenvalue weighted by Crippen LogP contribution is -2.56. The zero-order valence-corrected chi connectivity index (χ0v) is 22.9. The number of benzene rings is 2. The van der Waals surface area contributed by atoms with Crippen LogP contribution in [0.15, 0.2) is 48.5 Å². The molecule has 0 unspecified atom stereocenters. The normalized spacial score (nSPS) is 12.7. The van der Waals surface area contributed by atoms with Crippen LogP contribution >= 0.6 is 11.6 Å². The van der Waals surface area contributed by atoms with Gasteiger partial charge in [-0.3, -0.25) is 13.9 Å². The third kappa shape index (κ3) is 8.54. The Morgan fingerprint density at radius 3 is 2.23 bits per heavy atom. The van der Waals surface area contributed by atoms with Crippen molar-refractivity contribution in [3.63, 3.8) is 0 Å². The molecule has 0 bridgehead atoms. The summed E-state index contributed by atoms with van der Waals surface area (Å²) in [6.07, 6.45) is 1.96. The summed E-state index contributed by atoms with van der Waals surface area (Å²) in [6, 6.07) is 13.8. The lowest BCUT2D eigenvalue weighted by Gasteiger charge is -2.34. The van der Waals surface area contributed by atoms with Crippen molar-refractivity contribution in [2.24, 2.45) is 0 Å². The van der Waals surface area contributed by atoms with Crippen LogP contribution in [-0.2, 0) is 26.0 Å². The van der Waals surface area contributed by atoms with Crippen LogP contribution in [0.2, 0.25) is 5.02 Å². The summed E-state index contributed by atoms with van der Waals surface area (Å²) in [5.74, 6) is -0.732. The smallest absolute Gasteiger partial charge is 0.244 e. The van der Waals surface area contributed by atoms with Crippen LogP contribution in [0.4, 0.5) is 5.69 Å². The molecule has 9 heteroatoms. The molecule has 1 N–H and O–H groups in total. The van der Waals surface area contributed by atoms with Crippen molar-refractivity contribution in [1.82, 2.24) is 10.2 Å². The fraction of sp³-hybridized carbons (Fsp3) is 0.462. The number of hydrogen-bond acceptors (Lipinski definition) is 4.